The Morgan fingerprint density at radius 1 is 0.816 bits per heavy atom. The molecule has 0 aliphatic carbocycles. The van der Waals surface area contributed by atoms with Crippen molar-refractivity contribution in [3.63, 3.8) is 0 Å². The van der Waals surface area contributed by atoms with Crippen LogP contribution >= 0.6 is 23.4 Å². The first kappa shape index (κ1) is 36.7. The van der Waals surface area contributed by atoms with Gasteiger partial charge in [0.2, 0.25) is 5.91 Å². The first-order valence-corrected chi connectivity index (χ1v) is 15.7. The molecular formula is C35H31ClF3N3O6S. The average molecular weight is 714 g/mol. The molecule has 0 heterocycles. The molecule has 0 spiro atoms. The minimum Gasteiger partial charge on any atom is -0.496 e. The molecule has 0 aliphatic heterocycles. The molecule has 256 valence electrons. The Hall–Kier alpha value is -5.14. The summed E-state index contributed by atoms with van der Waals surface area (Å²) in [7, 11) is 4.38. The van der Waals surface area contributed by atoms with Gasteiger partial charge in [-0.2, -0.15) is 13.2 Å². The van der Waals surface area contributed by atoms with Gasteiger partial charge in [0.15, 0.2) is 11.5 Å². The van der Waals surface area contributed by atoms with Crippen molar-refractivity contribution in [2.24, 2.45) is 0 Å². The standard InChI is InChI=1S/C35H31ClF3N3O6S/c1-20(32(43)41-27-15-10-23(36)18-26(27)35(37,38)39)49-25-13-11-24(12-14-25)40-34(45)28(42-33(44)21-8-6-5-7-9-21)16-22-17-30(47-3)31(48-4)19-29(22)46-2/h5-20H,1-4H3,(H,40,45)(H,41,43)(H,42,44)/b28-16-. The van der Waals surface area contributed by atoms with Crippen LogP contribution < -0.4 is 30.2 Å². The number of ether oxygens (including phenoxy) is 3. The molecule has 4 aromatic carbocycles. The second-order valence-corrected chi connectivity index (χ2v) is 12.1. The number of carbonyl (C=O) groups excluding carboxylic acids is 3. The van der Waals surface area contributed by atoms with E-state index in [1.54, 1.807) is 73.7 Å². The van der Waals surface area contributed by atoms with E-state index in [9.17, 15) is 27.6 Å². The predicted octanol–water partition coefficient (Wildman–Crippen LogP) is 7.91. The van der Waals surface area contributed by atoms with Crippen molar-refractivity contribution in [3.05, 3.63) is 112 Å². The van der Waals surface area contributed by atoms with E-state index in [0.29, 0.717) is 39.0 Å². The lowest BCUT2D eigenvalue weighted by atomic mass is 10.1. The Balaban J connectivity index is 1.52. The van der Waals surface area contributed by atoms with E-state index >= 15 is 0 Å². The van der Waals surface area contributed by atoms with Crippen LogP contribution in [0.2, 0.25) is 5.02 Å². The fourth-order valence-electron chi connectivity index (χ4n) is 4.43. The fourth-order valence-corrected chi connectivity index (χ4v) is 5.47. The molecule has 4 rings (SSSR count). The Labute approximate surface area is 289 Å². The van der Waals surface area contributed by atoms with Crippen molar-refractivity contribution in [1.82, 2.24) is 5.32 Å². The van der Waals surface area contributed by atoms with E-state index in [-0.39, 0.29) is 10.7 Å². The molecule has 3 N–H and O–H groups in total. The van der Waals surface area contributed by atoms with Crippen LogP contribution in [0.1, 0.15) is 28.4 Å². The molecule has 0 fully saturated rings. The lowest BCUT2D eigenvalue weighted by Gasteiger charge is -2.17. The molecule has 14 heteroatoms. The molecule has 0 aliphatic rings. The van der Waals surface area contributed by atoms with Crippen molar-refractivity contribution in [3.8, 4) is 17.2 Å². The summed E-state index contributed by atoms with van der Waals surface area (Å²) in [6.07, 6.45) is -3.27. The number of thioether (sulfide) groups is 1. The number of hydrogen-bond acceptors (Lipinski definition) is 7. The Bertz CT molecular complexity index is 1850. The van der Waals surface area contributed by atoms with Crippen LogP contribution in [-0.4, -0.2) is 44.3 Å². The van der Waals surface area contributed by atoms with Crippen molar-refractivity contribution in [1.29, 1.82) is 0 Å². The van der Waals surface area contributed by atoms with E-state index in [0.717, 1.165) is 23.9 Å². The third-order valence-corrected chi connectivity index (χ3v) is 8.25. The first-order valence-electron chi connectivity index (χ1n) is 14.5. The van der Waals surface area contributed by atoms with Crippen LogP contribution in [-0.2, 0) is 15.8 Å². The van der Waals surface area contributed by atoms with Gasteiger partial charge in [-0.25, -0.2) is 0 Å². The van der Waals surface area contributed by atoms with E-state index in [2.05, 4.69) is 16.0 Å². The van der Waals surface area contributed by atoms with Crippen LogP contribution in [0.5, 0.6) is 17.2 Å². The maximum Gasteiger partial charge on any atom is 0.418 e. The van der Waals surface area contributed by atoms with Crippen molar-refractivity contribution >= 4 is 58.5 Å². The summed E-state index contributed by atoms with van der Waals surface area (Å²) < 4.78 is 56.6. The zero-order valence-corrected chi connectivity index (χ0v) is 28.2. The molecule has 4 aromatic rings. The minimum atomic E-state index is -4.71. The third kappa shape index (κ3) is 9.71. The summed E-state index contributed by atoms with van der Waals surface area (Å²) in [4.78, 5) is 40.0. The molecule has 9 nitrogen and oxygen atoms in total. The van der Waals surface area contributed by atoms with Crippen LogP contribution in [0, 0.1) is 0 Å². The van der Waals surface area contributed by atoms with Crippen molar-refractivity contribution in [2.75, 3.05) is 32.0 Å². The largest absolute Gasteiger partial charge is 0.496 e. The van der Waals surface area contributed by atoms with Gasteiger partial charge in [0, 0.05) is 32.8 Å². The van der Waals surface area contributed by atoms with Crippen molar-refractivity contribution in [2.45, 2.75) is 23.2 Å². The molecule has 49 heavy (non-hydrogen) atoms. The Morgan fingerprint density at radius 2 is 1.45 bits per heavy atom. The van der Waals surface area contributed by atoms with Gasteiger partial charge in [-0.15, -0.1) is 11.8 Å². The summed E-state index contributed by atoms with van der Waals surface area (Å²) in [6, 6.07) is 21.1. The molecular weight excluding hydrogens is 683 g/mol. The highest BCUT2D eigenvalue weighted by Crippen LogP contribution is 2.38. The molecule has 1 atom stereocenters. The van der Waals surface area contributed by atoms with E-state index in [1.807, 2.05) is 0 Å². The third-order valence-electron chi connectivity index (χ3n) is 6.90. The van der Waals surface area contributed by atoms with Crippen molar-refractivity contribution < 1.29 is 41.8 Å². The number of hydrogen-bond donors (Lipinski definition) is 3. The molecule has 0 saturated carbocycles. The van der Waals surface area contributed by atoms with Crippen LogP contribution in [0.3, 0.4) is 0 Å². The smallest absolute Gasteiger partial charge is 0.418 e. The molecule has 0 bridgehead atoms. The zero-order valence-electron chi connectivity index (χ0n) is 26.6. The normalized spacial score (nSPS) is 12.0. The summed E-state index contributed by atoms with van der Waals surface area (Å²) >= 11 is 6.83. The highest BCUT2D eigenvalue weighted by atomic mass is 35.5. The van der Waals surface area contributed by atoms with E-state index in [1.165, 1.54) is 33.5 Å². The summed E-state index contributed by atoms with van der Waals surface area (Å²) in [6.45, 7) is 1.55. The summed E-state index contributed by atoms with van der Waals surface area (Å²) in [5, 5.41) is 6.84. The number of methoxy groups -OCH3 is 3. The number of rotatable bonds is 12. The summed E-state index contributed by atoms with van der Waals surface area (Å²) in [5.41, 5.74) is -0.459. The topological polar surface area (TPSA) is 115 Å². The molecule has 0 radical (unpaired) electrons. The van der Waals surface area contributed by atoms with Crippen LogP contribution in [0.4, 0.5) is 24.5 Å². The number of carbonyl (C=O) groups is 3. The highest BCUT2D eigenvalue weighted by molar-refractivity contribution is 8.00. The van der Waals surface area contributed by atoms with Gasteiger partial charge >= 0.3 is 6.18 Å². The number of halogens is 4. The van der Waals surface area contributed by atoms with Gasteiger partial charge in [-0.1, -0.05) is 29.8 Å². The molecule has 1 unspecified atom stereocenters. The minimum absolute atomic E-state index is 0.108. The van der Waals surface area contributed by atoms with Gasteiger partial charge in [0.25, 0.3) is 11.8 Å². The van der Waals surface area contributed by atoms with Gasteiger partial charge in [0.1, 0.15) is 11.4 Å². The van der Waals surface area contributed by atoms with E-state index < -0.39 is 40.4 Å². The highest BCUT2D eigenvalue weighted by Gasteiger charge is 2.34. The Morgan fingerprint density at radius 3 is 2.06 bits per heavy atom. The average Bonchev–Trinajstić information content (AvgIpc) is 3.09. The number of alkyl halides is 3. The second kappa shape index (κ2) is 16.3. The molecule has 3 amide bonds. The van der Waals surface area contributed by atoms with Crippen LogP contribution in [0.25, 0.3) is 6.08 Å². The first-order chi connectivity index (χ1) is 23.3. The second-order valence-electron chi connectivity index (χ2n) is 10.2. The number of anilines is 2. The molecule has 0 saturated heterocycles. The lowest BCUT2D eigenvalue weighted by Crippen LogP contribution is -2.30. The maximum absolute atomic E-state index is 13.6. The maximum atomic E-state index is 13.6. The zero-order chi connectivity index (χ0) is 35.7. The number of amides is 3. The lowest BCUT2D eigenvalue weighted by molar-refractivity contribution is -0.137. The van der Waals surface area contributed by atoms with Gasteiger partial charge in [-0.05, 0) is 73.7 Å². The van der Waals surface area contributed by atoms with E-state index in [4.69, 9.17) is 25.8 Å². The monoisotopic (exact) mass is 713 g/mol. The quantitative estimate of drug-likeness (QED) is 0.101. The fraction of sp³-hybridized carbons (Fsp3) is 0.171. The SMILES string of the molecule is COc1cc(OC)c(OC)cc1/C=C(\NC(=O)c1ccccc1)C(=O)Nc1ccc(SC(C)C(=O)Nc2ccc(Cl)cc2C(F)(F)F)cc1. The van der Waals surface area contributed by atoms with Gasteiger partial charge in [-0.3, -0.25) is 14.4 Å². The van der Waals surface area contributed by atoms with Gasteiger partial charge in [0.05, 0.1) is 37.8 Å². The van der Waals surface area contributed by atoms with Crippen LogP contribution in [0.15, 0.2) is 95.5 Å². The number of nitrogens with one attached hydrogen (secondary N) is 3. The number of benzene rings is 4. The Kier molecular flexibility index (Phi) is 12.2. The van der Waals surface area contributed by atoms with Gasteiger partial charge < -0.3 is 30.2 Å². The summed E-state index contributed by atoms with van der Waals surface area (Å²) in [5.74, 6) is -0.712. The predicted molar refractivity (Wildman–Crippen MR) is 183 cm³/mol. The molecule has 0 aromatic heterocycles.